The average Bonchev–Trinajstić information content (AvgIpc) is 3.34. The van der Waals surface area contributed by atoms with Crippen molar-refractivity contribution in [2.24, 2.45) is 14.1 Å². The van der Waals surface area contributed by atoms with Gasteiger partial charge in [-0.3, -0.25) is 19.1 Å². The molecule has 3 aromatic rings. The third kappa shape index (κ3) is 2.93. The third-order valence-corrected chi connectivity index (χ3v) is 5.41. The first-order valence-corrected chi connectivity index (χ1v) is 9.24. The molecule has 0 radical (unpaired) electrons. The first kappa shape index (κ1) is 17.5. The predicted molar refractivity (Wildman–Crippen MR) is 102 cm³/mol. The summed E-state index contributed by atoms with van der Waals surface area (Å²) in [5.41, 5.74) is 5.28. The molecule has 0 spiro atoms. The summed E-state index contributed by atoms with van der Waals surface area (Å²) in [6, 6.07) is 7.77. The summed E-state index contributed by atoms with van der Waals surface area (Å²) in [4.78, 5) is 19.7. The molecule has 140 valence electrons. The fourth-order valence-corrected chi connectivity index (χ4v) is 3.97. The zero-order valence-corrected chi connectivity index (χ0v) is 16.2. The minimum absolute atomic E-state index is 0.00333. The molecule has 4 heterocycles. The van der Waals surface area contributed by atoms with E-state index in [2.05, 4.69) is 15.2 Å². The predicted octanol–water partition coefficient (Wildman–Crippen LogP) is 2.81. The number of nitrogens with zero attached hydrogens (tertiary/aromatic N) is 6. The van der Waals surface area contributed by atoms with Gasteiger partial charge in [0, 0.05) is 38.1 Å². The van der Waals surface area contributed by atoms with Gasteiger partial charge in [0.1, 0.15) is 5.69 Å². The summed E-state index contributed by atoms with van der Waals surface area (Å²) in [7, 11) is 3.74. The highest BCUT2D eigenvalue weighted by Gasteiger charge is 2.33. The molecule has 1 aliphatic heterocycles. The molecule has 0 bridgehead atoms. The quantitative estimate of drug-likeness (QED) is 0.717. The van der Waals surface area contributed by atoms with Crippen LogP contribution in [0, 0.1) is 13.8 Å². The zero-order chi connectivity index (χ0) is 19.1. The Morgan fingerprint density at radius 1 is 1.15 bits per heavy atom. The van der Waals surface area contributed by atoms with Gasteiger partial charge in [0.05, 0.1) is 23.1 Å². The summed E-state index contributed by atoms with van der Waals surface area (Å²) in [6.07, 6.45) is 3.71. The summed E-state index contributed by atoms with van der Waals surface area (Å²) in [5, 5.41) is 9.07. The van der Waals surface area contributed by atoms with Crippen molar-refractivity contribution in [1.29, 1.82) is 0 Å². The molecule has 1 unspecified atom stereocenters. The number of carbonyl (C=O) groups is 1. The van der Waals surface area contributed by atoms with Crippen molar-refractivity contribution in [2.75, 3.05) is 6.54 Å². The van der Waals surface area contributed by atoms with E-state index in [9.17, 15) is 4.79 Å². The standard InChI is InChI=1S/C20H24N6O/c1-13-19(14(2)24(3)22-13)16-12-18(25(4)23-16)20(27)26-11-7-9-17(26)15-8-5-6-10-21-15/h5-6,8,10,12,17H,7,9,11H2,1-4H3. The van der Waals surface area contributed by atoms with Crippen LogP contribution in [0.2, 0.25) is 0 Å². The lowest BCUT2D eigenvalue weighted by atomic mass is 10.1. The van der Waals surface area contributed by atoms with E-state index in [1.807, 2.05) is 61.8 Å². The molecule has 0 aliphatic carbocycles. The highest BCUT2D eigenvalue weighted by atomic mass is 16.2. The Morgan fingerprint density at radius 3 is 2.63 bits per heavy atom. The maximum absolute atomic E-state index is 13.3. The summed E-state index contributed by atoms with van der Waals surface area (Å²) < 4.78 is 3.52. The van der Waals surface area contributed by atoms with Crippen LogP contribution in [-0.2, 0) is 14.1 Å². The molecule has 1 amide bonds. The highest BCUT2D eigenvalue weighted by Crippen LogP contribution is 2.33. The van der Waals surface area contributed by atoms with E-state index >= 15 is 0 Å². The Hall–Kier alpha value is -2.96. The zero-order valence-electron chi connectivity index (χ0n) is 16.2. The van der Waals surface area contributed by atoms with E-state index in [1.54, 1.807) is 10.9 Å². The number of amides is 1. The van der Waals surface area contributed by atoms with Gasteiger partial charge in [-0.15, -0.1) is 0 Å². The van der Waals surface area contributed by atoms with E-state index in [0.29, 0.717) is 5.69 Å². The van der Waals surface area contributed by atoms with Crippen molar-refractivity contribution < 1.29 is 4.79 Å². The molecule has 1 aliphatic rings. The maximum atomic E-state index is 13.3. The average molecular weight is 364 g/mol. The van der Waals surface area contributed by atoms with Gasteiger partial charge in [-0.25, -0.2) is 0 Å². The van der Waals surface area contributed by atoms with Gasteiger partial charge >= 0.3 is 0 Å². The molecule has 1 saturated heterocycles. The van der Waals surface area contributed by atoms with Crippen LogP contribution in [0.5, 0.6) is 0 Å². The van der Waals surface area contributed by atoms with Crippen LogP contribution in [0.3, 0.4) is 0 Å². The summed E-state index contributed by atoms with van der Waals surface area (Å²) in [6.45, 7) is 4.73. The molecule has 0 aromatic carbocycles. The van der Waals surface area contributed by atoms with E-state index in [0.717, 1.165) is 47.7 Å². The summed E-state index contributed by atoms with van der Waals surface area (Å²) >= 11 is 0. The number of aryl methyl sites for hydroxylation is 3. The molecule has 1 fully saturated rings. The Kier molecular flexibility index (Phi) is 4.30. The van der Waals surface area contributed by atoms with Gasteiger partial charge in [0.15, 0.2) is 0 Å². The smallest absolute Gasteiger partial charge is 0.272 e. The minimum Gasteiger partial charge on any atom is -0.329 e. The number of rotatable bonds is 3. The first-order valence-electron chi connectivity index (χ1n) is 9.24. The number of likely N-dealkylation sites (tertiary alicyclic amines) is 1. The fraction of sp³-hybridized carbons (Fsp3) is 0.400. The molecular formula is C20H24N6O. The molecule has 27 heavy (non-hydrogen) atoms. The van der Waals surface area contributed by atoms with E-state index in [1.165, 1.54) is 0 Å². The number of pyridine rings is 1. The largest absolute Gasteiger partial charge is 0.329 e. The van der Waals surface area contributed by atoms with Gasteiger partial charge in [-0.05, 0) is 44.9 Å². The number of carbonyl (C=O) groups excluding carboxylic acids is 1. The van der Waals surface area contributed by atoms with Crippen LogP contribution in [-0.4, -0.2) is 41.9 Å². The lowest BCUT2D eigenvalue weighted by Gasteiger charge is -2.24. The van der Waals surface area contributed by atoms with Gasteiger partial charge in [-0.1, -0.05) is 6.07 Å². The van der Waals surface area contributed by atoms with Crippen molar-refractivity contribution in [3.8, 4) is 11.3 Å². The maximum Gasteiger partial charge on any atom is 0.272 e. The second-order valence-electron chi connectivity index (χ2n) is 7.12. The number of hydrogen-bond donors (Lipinski definition) is 0. The molecule has 1 atom stereocenters. The van der Waals surface area contributed by atoms with Gasteiger partial charge < -0.3 is 4.90 Å². The van der Waals surface area contributed by atoms with Crippen LogP contribution in [0.25, 0.3) is 11.3 Å². The van der Waals surface area contributed by atoms with Crippen LogP contribution in [0.1, 0.15) is 46.5 Å². The number of hydrogen-bond acceptors (Lipinski definition) is 4. The molecule has 0 N–H and O–H groups in total. The molecule has 4 rings (SSSR count). The van der Waals surface area contributed by atoms with Crippen LogP contribution in [0.15, 0.2) is 30.5 Å². The van der Waals surface area contributed by atoms with Crippen molar-refractivity contribution in [3.05, 3.63) is 53.2 Å². The Bertz CT molecular complexity index is 988. The van der Waals surface area contributed by atoms with Crippen LogP contribution >= 0.6 is 0 Å². The second kappa shape index (κ2) is 6.64. The first-order chi connectivity index (χ1) is 13.0. The summed E-state index contributed by atoms with van der Waals surface area (Å²) in [5.74, 6) is 0.00333. The molecule has 3 aromatic heterocycles. The van der Waals surface area contributed by atoms with Gasteiger partial charge in [0.2, 0.25) is 0 Å². The molecular weight excluding hydrogens is 340 g/mol. The fourth-order valence-electron chi connectivity index (χ4n) is 3.97. The monoisotopic (exact) mass is 364 g/mol. The van der Waals surface area contributed by atoms with Crippen molar-refractivity contribution >= 4 is 5.91 Å². The lowest BCUT2D eigenvalue weighted by Crippen LogP contribution is -2.32. The molecule has 7 nitrogen and oxygen atoms in total. The van der Waals surface area contributed by atoms with Crippen molar-refractivity contribution in [1.82, 2.24) is 29.4 Å². The van der Waals surface area contributed by atoms with Crippen molar-refractivity contribution in [2.45, 2.75) is 32.7 Å². The second-order valence-corrected chi connectivity index (χ2v) is 7.12. The topological polar surface area (TPSA) is 68.8 Å². The number of aromatic nitrogens is 5. The lowest BCUT2D eigenvalue weighted by molar-refractivity contribution is 0.0721. The Balaban J connectivity index is 1.68. The Labute approximate surface area is 158 Å². The van der Waals surface area contributed by atoms with E-state index in [-0.39, 0.29) is 11.9 Å². The Morgan fingerprint density at radius 2 is 1.96 bits per heavy atom. The van der Waals surface area contributed by atoms with Crippen LogP contribution in [0.4, 0.5) is 0 Å². The molecule has 0 saturated carbocycles. The van der Waals surface area contributed by atoms with Crippen LogP contribution < -0.4 is 0 Å². The highest BCUT2D eigenvalue weighted by molar-refractivity contribution is 5.94. The van der Waals surface area contributed by atoms with Crippen molar-refractivity contribution in [3.63, 3.8) is 0 Å². The van der Waals surface area contributed by atoms with E-state index in [4.69, 9.17) is 0 Å². The third-order valence-electron chi connectivity index (χ3n) is 5.41. The normalized spacial score (nSPS) is 16.9. The SMILES string of the molecule is Cc1nn(C)c(C)c1-c1cc(C(=O)N2CCCC2c2ccccn2)n(C)n1. The van der Waals surface area contributed by atoms with E-state index < -0.39 is 0 Å². The van der Waals surface area contributed by atoms with Gasteiger partial charge in [-0.2, -0.15) is 10.2 Å². The molecule has 7 heteroatoms. The minimum atomic E-state index is 0.00333. The van der Waals surface area contributed by atoms with Gasteiger partial charge in [0.25, 0.3) is 5.91 Å².